The number of carboxylic acids is 1. The summed E-state index contributed by atoms with van der Waals surface area (Å²) in [6.45, 7) is 0. The SMILES string of the molecule is COC(=O)C(N)Cc1ccccc1C(=O)C(N)CC(=O)c1ccccc1CC(N)C(=O)O.N. The van der Waals surface area contributed by atoms with Gasteiger partial charge in [0, 0.05) is 17.5 Å². The third-order valence-corrected chi connectivity index (χ3v) is 5.04. The van der Waals surface area contributed by atoms with Gasteiger partial charge >= 0.3 is 11.9 Å². The summed E-state index contributed by atoms with van der Waals surface area (Å²) in [7, 11) is 1.22. The predicted molar refractivity (Wildman–Crippen MR) is 122 cm³/mol. The fourth-order valence-corrected chi connectivity index (χ4v) is 3.31. The molecule has 0 bridgehead atoms. The van der Waals surface area contributed by atoms with E-state index in [1.165, 1.54) is 7.11 Å². The van der Waals surface area contributed by atoms with E-state index in [0.29, 0.717) is 11.1 Å². The van der Waals surface area contributed by atoms with Crippen LogP contribution < -0.4 is 23.4 Å². The predicted octanol–water partition coefficient (Wildman–Crippen LogP) is 0.629. The van der Waals surface area contributed by atoms with Crippen LogP contribution in [0.2, 0.25) is 0 Å². The number of aliphatic carboxylic acids is 1. The van der Waals surface area contributed by atoms with Crippen LogP contribution in [0.1, 0.15) is 38.3 Å². The molecule has 3 unspecified atom stereocenters. The summed E-state index contributed by atoms with van der Waals surface area (Å²) in [6, 6.07) is 9.80. The second-order valence-electron chi connectivity index (χ2n) is 7.39. The molecule has 0 aromatic heterocycles. The van der Waals surface area contributed by atoms with Crippen LogP contribution >= 0.6 is 0 Å². The molecule has 0 saturated heterocycles. The summed E-state index contributed by atoms with van der Waals surface area (Å²) >= 11 is 0. The summed E-state index contributed by atoms with van der Waals surface area (Å²) in [5, 5.41) is 9.04. The van der Waals surface area contributed by atoms with E-state index in [2.05, 4.69) is 4.74 Å². The van der Waals surface area contributed by atoms with Crippen molar-refractivity contribution in [3.05, 3.63) is 70.8 Å². The molecule has 0 heterocycles. The highest BCUT2D eigenvalue weighted by atomic mass is 16.5. The number of hydrogen-bond acceptors (Lipinski definition) is 9. The lowest BCUT2D eigenvalue weighted by Gasteiger charge is -2.16. The Morgan fingerprint density at radius 2 is 1.30 bits per heavy atom. The van der Waals surface area contributed by atoms with E-state index in [9.17, 15) is 19.2 Å². The Kier molecular flexibility index (Phi) is 10.5. The Labute approximate surface area is 191 Å². The lowest BCUT2D eigenvalue weighted by Crippen LogP contribution is -2.36. The number of benzene rings is 2. The van der Waals surface area contributed by atoms with E-state index in [4.69, 9.17) is 22.3 Å². The Morgan fingerprint density at radius 1 is 0.818 bits per heavy atom. The molecule has 0 fully saturated rings. The van der Waals surface area contributed by atoms with Gasteiger partial charge in [0.2, 0.25) is 0 Å². The minimum atomic E-state index is -1.18. The van der Waals surface area contributed by atoms with Gasteiger partial charge in [-0.25, -0.2) is 0 Å². The molecule has 33 heavy (non-hydrogen) atoms. The Balaban J connectivity index is 0.00000544. The molecular formula is C23H30N4O6. The Hall–Kier alpha value is -3.44. The number of nitrogens with two attached hydrogens (primary N) is 3. The average Bonchev–Trinajstić information content (AvgIpc) is 2.78. The number of ketones is 2. The molecule has 3 atom stereocenters. The number of esters is 1. The highest BCUT2D eigenvalue weighted by molar-refractivity contribution is 6.06. The van der Waals surface area contributed by atoms with E-state index in [0.717, 1.165) is 0 Å². The molecule has 2 aromatic carbocycles. The maximum atomic E-state index is 13.0. The topological polar surface area (TPSA) is 211 Å². The molecule has 10 heteroatoms. The quantitative estimate of drug-likeness (QED) is 0.234. The van der Waals surface area contributed by atoms with Crippen LogP contribution in [0.3, 0.4) is 0 Å². The van der Waals surface area contributed by atoms with Crippen molar-refractivity contribution in [1.82, 2.24) is 6.15 Å². The Bertz CT molecular complexity index is 1010. The van der Waals surface area contributed by atoms with Crippen molar-refractivity contribution in [1.29, 1.82) is 0 Å². The van der Waals surface area contributed by atoms with Gasteiger partial charge in [-0.3, -0.25) is 19.2 Å². The van der Waals surface area contributed by atoms with Crippen LogP contribution in [0.15, 0.2) is 48.5 Å². The van der Waals surface area contributed by atoms with E-state index in [1.54, 1.807) is 48.5 Å². The fraction of sp³-hybridized carbons (Fsp3) is 0.304. The zero-order chi connectivity index (χ0) is 23.8. The monoisotopic (exact) mass is 458 g/mol. The van der Waals surface area contributed by atoms with Gasteiger partial charge < -0.3 is 33.2 Å². The average molecular weight is 459 g/mol. The number of carboxylic acid groups (broad SMARTS) is 1. The van der Waals surface area contributed by atoms with E-state index in [1.807, 2.05) is 0 Å². The number of rotatable bonds is 11. The summed E-state index contributed by atoms with van der Waals surface area (Å²) in [4.78, 5) is 48.5. The highest BCUT2D eigenvalue weighted by Crippen LogP contribution is 2.18. The lowest BCUT2D eigenvalue weighted by atomic mass is 9.90. The molecule has 0 aliphatic rings. The first-order valence-electron chi connectivity index (χ1n) is 9.96. The molecule has 0 aliphatic heterocycles. The molecular weight excluding hydrogens is 428 g/mol. The number of carbonyl (C=O) groups is 4. The van der Waals surface area contributed by atoms with Crippen LogP contribution in [-0.4, -0.2) is 53.8 Å². The molecule has 10 nitrogen and oxygen atoms in total. The minimum Gasteiger partial charge on any atom is -0.480 e. The van der Waals surface area contributed by atoms with Gasteiger partial charge in [0.1, 0.15) is 12.1 Å². The van der Waals surface area contributed by atoms with Gasteiger partial charge in [-0.1, -0.05) is 48.5 Å². The molecule has 0 spiro atoms. The number of ether oxygens (including phenoxy) is 1. The molecule has 2 aromatic rings. The van der Waals surface area contributed by atoms with E-state index < -0.39 is 41.6 Å². The highest BCUT2D eigenvalue weighted by Gasteiger charge is 2.25. The van der Waals surface area contributed by atoms with Crippen molar-refractivity contribution >= 4 is 23.5 Å². The van der Waals surface area contributed by atoms with Crippen molar-refractivity contribution < 1.29 is 29.0 Å². The van der Waals surface area contributed by atoms with Gasteiger partial charge in [0.05, 0.1) is 13.2 Å². The summed E-state index contributed by atoms with van der Waals surface area (Å²) < 4.78 is 4.62. The number of methoxy groups -OCH3 is 1. The van der Waals surface area contributed by atoms with Crippen LogP contribution in [0.25, 0.3) is 0 Å². The van der Waals surface area contributed by atoms with E-state index in [-0.39, 0.29) is 36.5 Å². The van der Waals surface area contributed by atoms with Crippen molar-refractivity contribution in [2.75, 3.05) is 7.11 Å². The molecule has 178 valence electrons. The van der Waals surface area contributed by atoms with Crippen LogP contribution in [-0.2, 0) is 27.2 Å². The summed E-state index contributed by atoms with van der Waals surface area (Å²) in [5.41, 5.74) is 19.0. The molecule has 10 N–H and O–H groups in total. The standard InChI is InChI=1S/C23H27N3O6.H3N/c1-32-23(31)19(26)11-14-7-3-5-9-16(14)21(28)17(24)12-20(27)15-8-4-2-6-13(15)10-18(25)22(29)30;/h2-9,17-19H,10-12,24-26H2,1H3,(H,29,30);1H3. The van der Waals surface area contributed by atoms with E-state index >= 15 is 0 Å². The van der Waals surface area contributed by atoms with Crippen molar-refractivity contribution in [2.45, 2.75) is 37.4 Å². The third-order valence-electron chi connectivity index (χ3n) is 5.04. The first-order chi connectivity index (χ1) is 15.1. The number of Topliss-reactive ketones (excluding diaryl/α,β-unsaturated/α-hetero) is 2. The lowest BCUT2D eigenvalue weighted by molar-refractivity contribution is -0.142. The van der Waals surface area contributed by atoms with Crippen LogP contribution in [0, 0.1) is 0 Å². The smallest absolute Gasteiger partial charge is 0.322 e. The molecule has 0 aliphatic carbocycles. The minimum absolute atomic E-state index is 0. The molecule has 0 radical (unpaired) electrons. The fourth-order valence-electron chi connectivity index (χ4n) is 3.31. The van der Waals surface area contributed by atoms with Crippen LogP contribution in [0.5, 0.6) is 0 Å². The van der Waals surface area contributed by atoms with Gasteiger partial charge in [-0.15, -0.1) is 0 Å². The van der Waals surface area contributed by atoms with Crippen molar-refractivity contribution in [3.63, 3.8) is 0 Å². The van der Waals surface area contributed by atoms with Gasteiger partial charge in [0.15, 0.2) is 11.6 Å². The molecule has 0 amide bonds. The molecule has 0 saturated carbocycles. The number of hydrogen-bond donors (Lipinski definition) is 5. The van der Waals surface area contributed by atoms with Crippen molar-refractivity contribution in [2.24, 2.45) is 17.2 Å². The van der Waals surface area contributed by atoms with Crippen molar-refractivity contribution in [3.8, 4) is 0 Å². The van der Waals surface area contributed by atoms with Gasteiger partial charge in [0.25, 0.3) is 0 Å². The largest absolute Gasteiger partial charge is 0.480 e. The zero-order valence-electron chi connectivity index (χ0n) is 18.4. The first-order valence-corrected chi connectivity index (χ1v) is 9.96. The van der Waals surface area contributed by atoms with Crippen LogP contribution in [0.4, 0.5) is 0 Å². The normalized spacial score (nSPS) is 13.2. The number of carbonyl (C=O) groups excluding carboxylic acids is 3. The Morgan fingerprint density at radius 3 is 1.85 bits per heavy atom. The summed E-state index contributed by atoms with van der Waals surface area (Å²) in [6.07, 6.45) is -0.241. The third kappa shape index (κ3) is 7.29. The molecule has 2 rings (SSSR count). The zero-order valence-corrected chi connectivity index (χ0v) is 18.4. The van der Waals surface area contributed by atoms with Gasteiger partial charge in [-0.2, -0.15) is 0 Å². The maximum Gasteiger partial charge on any atom is 0.322 e. The summed E-state index contributed by atoms with van der Waals surface area (Å²) in [5.74, 6) is -2.66. The second-order valence-corrected chi connectivity index (χ2v) is 7.39. The van der Waals surface area contributed by atoms with Gasteiger partial charge in [-0.05, 0) is 24.0 Å². The second kappa shape index (κ2) is 12.6. The first kappa shape index (κ1) is 27.6. The maximum absolute atomic E-state index is 13.0.